The molecule has 0 saturated carbocycles. The number of hydrogen-bond acceptors (Lipinski definition) is 12. The number of thiazole rings is 1. The summed E-state index contributed by atoms with van der Waals surface area (Å²) in [4.78, 5) is 54.6. The van der Waals surface area contributed by atoms with E-state index in [4.69, 9.17) is 23.7 Å². The first-order valence-corrected chi connectivity index (χ1v) is 25.7. The molecule has 376 valence electrons. The number of likely N-dealkylation sites (tertiary alicyclic amines) is 1. The van der Waals surface area contributed by atoms with Gasteiger partial charge in [-0.15, -0.1) is 11.3 Å². The van der Waals surface area contributed by atoms with Crippen molar-refractivity contribution in [2.24, 2.45) is 10.9 Å². The minimum atomic E-state index is -1.13. The quantitative estimate of drug-likeness (QED) is 0.0493. The zero-order valence-corrected chi connectivity index (χ0v) is 42.7. The molecule has 3 atom stereocenters. The molecule has 0 bridgehead atoms. The van der Waals surface area contributed by atoms with Crippen LogP contribution in [-0.4, -0.2) is 101 Å². The largest absolute Gasteiger partial charge is 0.508 e. The topological polar surface area (TPSA) is 169 Å². The summed E-state index contributed by atoms with van der Waals surface area (Å²) < 4.78 is 23.4. The Hall–Kier alpha value is -7.10. The Balaban J connectivity index is 0.759. The number of phenolic OH excluding ortho intramolecular Hbond substituents is 1. The number of aromatic hydroxyl groups is 1. The number of aliphatic imine (C=N–C) groups is 1. The van der Waals surface area contributed by atoms with E-state index in [2.05, 4.69) is 34.5 Å². The monoisotopic (exact) mass is 992 g/mol. The van der Waals surface area contributed by atoms with Crippen molar-refractivity contribution in [2.75, 3.05) is 46.6 Å². The first-order valence-electron chi connectivity index (χ1n) is 24.8. The number of aromatic nitrogens is 2. The van der Waals surface area contributed by atoms with Crippen molar-refractivity contribution >= 4 is 46.0 Å². The second-order valence-corrected chi connectivity index (χ2v) is 19.6. The maximum Gasteiger partial charge on any atom is 0.257 e. The van der Waals surface area contributed by atoms with Crippen molar-refractivity contribution in [2.45, 2.75) is 84.2 Å². The Morgan fingerprint density at radius 3 is 2.33 bits per heavy atom. The molecule has 4 aromatic carbocycles. The third kappa shape index (κ3) is 11.8. The van der Waals surface area contributed by atoms with Crippen LogP contribution in [0, 0.1) is 12.8 Å². The van der Waals surface area contributed by atoms with Crippen LogP contribution in [0.25, 0.3) is 21.6 Å². The number of nitrogens with one attached hydrogen (secondary N) is 1. The zero-order valence-electron chi connectivity index (χ0n) is 41.9. The van der Waals surface area contributed by atoms with Gasteiger partial charge in [-0.05, 0) is 114 Å². The van der Waals surface area contributed by atoms with Gasteiger partial charge in [-0.3, -0.25) is 14.4 Å². The number of allylic oxidation sites excluding steroid dienone is 1. The van der Waals surface area contributed by atoms with Crippen LogP contribution >= 0.6 is 11.3 Å². The van der Waals surface area contributed by atoms with Crippen molar-refractivity contribution in [1.82, 2.24) is 25.3 Å². The van der Waals surface area contributed by atoms with E-state index in [0.29, 0.717) is 62.9 Å². The SMILES string of the molecule is CC/C(=C(\c1ccc(O)cc1)c1ccc(OCCN(C)C(=O)CCCOCCOc2cc(C(C(=O)N3CCC[C@@H]3C3=N[C@](C)(c4ccc(-c5scnc5C)cc4)C(=O)N3)C(C)C)on2)cc1)c1ccccc1. The molecule has 1 unspecified atom stereocenters. The molecule has 2 N–H and O–H groups in total. The van der Waals surface area contributed by atoms with Crippen molar-refractivity contribution in [1.29, 1.82) is 0 Å². The van der Waals surface area contributed by atoms with Gasteiger partial charge in [0.05, 0.1) is 35.3 Å². The lowest BCUT2D eigenvalue weighted by molar-refractivity contribution is -0.134. The first kappa shape index (κ1) is 51.3. The van der Waals surface area contributed by atoms with Crippen LogP contribution in [0.15, 0.2) is 124 Å². The van der Waals surface area contributed by atoms with Gasteiger partial charge >= 0.3 is 0 Å². The van der Waals surface area contributed by atoms with Crippen LogP contribution in [0.5, 0.6) is 17.4 Å². The molecule has 8 rings (SSSR count). The highest BCUT2D eigenvalue weighted by Crippen LogP contribution is 2.38. The third-order valence-electron chi connectivity index (χ3n) is 13.4. The molecule has 6 aromatic rings. The van der Waals surface area contributed by atoms with E-state index < -0.39 is 11.5 Å². The van der Waals surface area contributed by atoms with E-state index in [9.17, 15) is 19.5 Å². The van der Waals surface area contributed by atoms with E-state index in [1.54, 1.807) is 41.5 Å². The van der Waals surface area contributed by atoms with Crippen LogP contribution in [0.2, 0.25) is 0 Å². The number of aryl methyl sites for hydroxylation is 1. The van der Waals surface area contributed by atoms with Gasteiger partial charge in [-0.25, -0.2) is 9.98 Å². The molecule has 2 aliphatic heterocycles. The average Bonchev–Trinajstić information content (AvgIpc) is 4.22. The molecule has 1 fully saturated rings. The molecular weight excluding hydrogens is 929 g/mol. The third-order valence-corrected chi connectivity index (χ3v) is 14.4. The number of ether oxygens (including phenoxy) is 3. The van der Waals surface area contributed by atoms with Gasteiger partial charge < -0.3 is 39.0 Å². The first-order chi connectivity index (χ1) is 34.8. The summed E-state index contributed by atoms with van der Waals surface area (Å²) >= 11 is 1.58. The maximum atomic E-state index is 14.3. The summed E-state index contributed by atoms with van der Waals surface area (Å²) in [6, 6.07) is 34.8. The Labute approximate surface area is 425 Å². The highest BCUT2D eigenvalue weighted by molar-refractivity contribution is 7.13. The molecule has 1 saturated heterocycles. The number of likely N-dealkylation sites (N-methyl/N-ethyl adjacent to an activating group) is 1. The summed E-state index contributed by atoms with van der Waals surface area (Å²) in [6.07, 6.45) is 3.15. The molecule has 2 aliphatic rings. The Morgan fingerprint density at radius 2 is 1.65 bits per heavy atom. The van der Waals surface area contributed by atoms with Gasteiger partial charge in [0.1, 0.15) is 36.5 Å². The zero-order chi connectivity index (χ0) is 50.8. The lowest BCUT2D eigenvalue weighted by Crippen LogP contribution is -2.48. The Kier molecular flexibility index (Phi) is 16.7. The van der Waals surface area contributed by atoms with Crippen LogP contribution in [0.3, 0.4) is 0 Å². The lowest BCUT2D eigenvalue weighted by atomic mass is 9.88. The predicted molar refractivity (Wildman–Crippen MR) is 280 cm³/mol. The number of phenols is 1. The summed E-state index contributed by atoms with van der Waals surface area (Å²) in [6.45, 7) is 12.0. The van der Waals surface area contributed by atoms with Crippen LogP contribution in [-0.2, 0) is 24.7 Å². The van der Waals surface area contributed by atoms with Gasteiger partial charge in [0.15, 0.2) is 11.3 Å². The number of amides is 3. The van der Waals surface area contributed by atoms with Gasteiger partial charge in [0.2, 0.25) is 11.8 Å². The number of amidine groups is 1. The van der Waals surface area contributed by atoms with Crippen molar-refractivity contribution in [3.8, 4) is 27.8 Å². The fourth-order valence-corrected chi connectivity index (χ4v) is 10.2. The number of carbonyl (C=O) groups is 3. The normalized spacial score (nSPS) is 17.4. The van der Waals surface area contributed by atoms with Crippen LogP contribution in [0.4, 0.5) is 0 Å². The molecule has 2 aromatic heterocycles. The minimum absolute atomic E-state index is 0.00118. The Bertz CT molecular complexity index is 2860. The number of hydrogen-bond donors (Lipinski definition) is 2. The molecule has 0 aliphatic carbocycles. The highest BCUT2D eigenvalue weighted by Gasteiger charge is 2.46. The smallest absolute Gasteiger partial charge is 0.257 e. The Morgan fingerprint density at radius 1 is 0.931 bits per heavy atom. The van der Waals surface area contributed by atoms with Crippen molar-refractivity contribution < 1.29 is 38.2 Å². The van der Waals surface area contributed by atoms with Crippen molar-refractivity contribution in [3.63, 3.8) is 0 Å². The van der Waals surface area contributed by atoms with Crippen LogP contribution < -0.4 is 14.8 Å². The predicted octanol–water partition coefficient (Wildman–Crippen LogP) is 10.1. The lowest BCUT2D eigenvalue weighted by Gasteiger charge is -2.29. The number of rotatable bonds is 22. The minimum Gasteiger partial charge on any atom is -0.508 e. The van der Waals surface area contributed by atoms with Gasteiger partial charge in [0, 0.05) is 32.7 Å². The number of nitrogens with zero attached hydrogens (tertiary/aromatic N) is 5. The molecule has 0 spiro atoms. The van der Waals surface area contributed by atoms with E-state index in [-0.39, 0.29) is 54.5 Å². The molecule has 0 radical (unpaired) electrons. The van der Waals surface area contributed by atoms with Crippen molar-refractivity contribution in [3.05, 3.63) is 148 Å². The molecule has 4 heterocycles. The molecule has 14 nitrogen and oxygen atoms in total. The van der Waals surface area contributed by atoms with E-state index in [0.717, 1.165) is 56.8 Å². The second-order valence-electron chi connectivity index (χ2n) is 18.7. The van der Waals surface area contributed by atoms with Crippen LogP contribution in [0.1, 0.15) is 99.4 Å². The average molecular weight is 993 g/mol. The molecule has 72 heavy (non-hydrogen) atoms. The fourth-order valence-electron chi connectivity index (χ4n) is 9.43. The summed E-state index contributed by atoms with van der Waals surface area (Å²) in [5.74, 6) is 1.01. The highest BCUT2D eigenvalue weighted by atomic mass is 32.1. The fraction of sp³-hybridized carbons (Fsp3) is 0.368. The molecule has 15 heteroatoms. The van der Waals surface area contributed by atoms with E-state index in [1.807, 2.05) is 117 Å². The summed E-state index contributed by atoms with van der Waals surface area (Å²) in [5.41, 5.74) is 8.97. The molecular formula is C57H64N6O8S. The van der Waals surface area contributed by atoms with Gasteiger partial charge in [0.25, 0.3) is 11.8 Å². The second kappa shape index (κ2) is 23.4. The number of carbonyl (C=O) groups excluding carboxylic acids is 3. The van der Waals surface area contributed by atoms with E-state index in [1.165, 1.54) is 5.57 Å². The maximum absolute atomic E-state index is 14.3. The van der Waals surface area contributed by atoms with Gasteiger partial charge in [-0.2, -0.15) is 0 Å². The molecule has 3 amide bonds. The summed E-state index contributed by atoms with van der Waals surface area (Å²) in [7, 11) is 1.77. The van der Waals surface area contributed by atoms with E-state index >= 15 is 0 Å². The van der Waals surface area contributed by atoms with Gasteiger partial charge in [-0.1, -0.05) is 99.6 Å². The number of benzene rings is 4. The standard InChI is InChI=1S/C57H64N6O8S/c1-7-46(39-13-9-8-10-14-39)52(40-19-25-44(64)26-20-40)41-21-27-45(28-22-41)69-32-30-62(6)50(65)16-12-31-68-33-34-70-49-35-48(71-61-49)51(37(2)3)55(66)63-29-11-15-47(63)54-59-56(67)57(5,60-54)43-23-17-42(18-24-43)53-38(4)58-36-72-53/h8-10,13-14,17-28,35-37,47,51,64H,7,11-12,15-16,29-34H2,1-6H3,(H,59,60,67)/b52-46-/t47-,51?,57-/m1/s1. The summed E-state index contributed by atoms with van der Waals surface area (Å²) in [5, 5.41) is 17.1.